The number of carbonyl (C=O) groups is 1. The lowest BCUT2D eigenvalue weighted by Crippen LogP contribution is -2.06. The van der Waals surface area contributed by atoms with Gasteiger partial charge in [-0.05, 0) is 55.8 Å². The zero-order valence-corrected chi connectivity index (χ0v) is 15.5. The molecule has 6 heteroatoms. The molecule has 2 aromatic rings. The van der Waals surface area contributed by atoms with Crippen LogP contribution in [0.25, 0.3) is 6.08 Å². The topological polar surface area (TPSA) is 66.4 Å². The van der Waals surface area contributed by atoms with E-state index >= 15 is 0 Å². The summed E-state index contributed by atoms with van der Waals surface area (Å²) in [5.41, 5.74) is 1.67. The molecule has 1 aliphatic rings. The van der Waals surface area contributed by atoms with E-state index in [4.69, 9.17) is 18.9 Å². The average Bonchev–Trinajstić information content (AvgIpc) is 3.04. The second kappa shape index (κ2) is 8.40. The molecule has 0 unspecified atom stereocenters. The van der Waals surface area contributed by atoms with Gasteiger partial charge < -0.3 is 18.9 Å². The summed E-state index contributed by atoms with van der Waals surface area (Å²) >= 11 is 0. The van der Waals surface area contributed by atoms with Crippen LogP contribution in [0.5, 0.6) is 17.2 Å². The van der Waals surface area contributed by atoms with Gasteiger partial charge in [0, 0.05) is 5.56 Å². The number of benzene rings is 2. The Morgan fingerprint density at radius 2 is 1.81 bits per heavy atom. The SMILES string of the molecule is CCOc1ccc(C2=N/C(=C/c3cccc(OC)c3)C(=O)O2)cc1OCC. The van der Waals surface area contributed by atoms with Gasteiger partial charge >= 0.3 is 5.97 Å². The number of nitrogens with zero attached hydrogens (tertiary/aromatic N) is 1. The van der Waals surface area contributed by atoms with Crippen molar-refractivity contribution >= 4 is 17.9 Å². The molecule has 0 bridgehead atoms. The maximum absolute atomic E-state index is 12.2. The molecule has 0 saturated heterocycles. The van der Waals surface area contributed by atoms with Gasteiger partial charge in [0.2, 0.25) is 5.90 Å². The van der Waals surface area contributed by atoms with Gasteiger partial charge in [0.05, 0.1) is 20.3 Å². The monoisotopic (exact) mass is 367 g/mol. The highest BCUT2D eigenvalue weighted by Gasteiger charge is 2.25. The minimum atomic E-state index is -0.500. The van der Waals surface area contributed by atoms with Crippen LogP contribution in [0.3, 0.4) is 0 Å². The number of methoxy groups -OCH3 is 1. The third-order valence-corrected chi connectivity index (χ3v) is 3.81. The summed E-state index contributed by atoms with van der Waals surface area (Å²) in [6.45, 7) is 4.83. The molecule has 140 valence electrons. The Hall–Kier alpha value is -3.28. The molecule has 1 heterocycles. The summed E-state index contributed by atoms with van der Waals surface area (Å²) in [5.74, 6) is 1.66. The molecular formula is C21H21NO5. The normalized spacial score (nSPS) is 14.7. The Balaban J connectivity index is 1.91. The molecule has 0 N–H and O–H groups in total. The summed E-state index contributed by atoms with van der Waals surface area (Å²) in [4.78, 5) is 16.5. The molecule has 3 rings (SSSR count). The van der Waals surface area contributed by atoms with Crippen molar-refractivity contribution in [3.05, 3.63) is 59.3 Å². The van der Waals surface area contributed by atoms with Gasteiger partial charge in [0.25, 0.3) is 0 Å². The summed E-state index contributed by atoms with van der Waals surface area (Å²) in [7, 11) is 1.59. The van der Waals surface area contributed by atoms with Crippen LogP contribution in [-0.4, -0.2) is 32.2 Å². The quantitative estimate of drug-likeness (QED) is 0.549. The minimum Gasteiger partial charge on any atom is -0.497 e. The highest BCUT2D eigenvalue weighted by Crippen LogP contribution is 2.30. The van der Waals surface area contributed by atoms with Crippen LogP contribution >= 0.6 is 0 Å². The second-order valence-corrected chi connectivity index (χ2v) is 5.64. The van der Waals surface area contributed by atoms with Crippen molar-refractivity contribution in [1.29, 1.82) is 0 Å². The Morgan fingerprint density at radius 1 is 1.04 bits per heavy atom. The Morgan fingerprint density at radius 3 is 2.56 bits per heavy atom. The van der Waals surface area contributed by atoms with Gasteiger partial charge in [-0.15, -0.1) is 0 Å². The molecule has 0 amide bonds. The van der Waals surface area contributed by atoms with Crippen LogP contribution in [0.2, 0.25) is 0 Å². The van der Waals surface area contributed by atoms with E-state index in [1.807, 2.05) is 38.1 Å². The molecule has 6 nitrogen and oxygen atoms in total. The van der Waals surface area contributed by atoms with Gasteiger partial charge in [-0.25, -0.2) is 9.79 Å². The number of cyclic esters (lactones) is 1. The number of esters is 1. The Bertz CT molecular complexity index is 901. The van der Waals surface area contributed by atoms with Gasteiger partial charge in [-0.2, -0.15) is 0 Å². The van der Waals surface area contributed by atoms with Gasteiger partial charge in [0.1, 0.15) is 5.75 Å². The third-order valence-electron chi connectivity index (χ3n) is 3.81. The van der Waals surface area contributed by atoms with Crippen LogP contribution in [0, 0.1) is 0 Å². The molecule has 0 aliphatic carbocycles. The highest BCUT2D eigenvalue weighted by atomic mass is 16.6. The van der Waals surface area contributed by atoms with E-state index in [0.29, 0.717) is 36.0 Å². The summed E-state index contributed by atoms with van der Waals surface area (Å²) in [5, 5.41) is 0. The summed E-state index contributed by atoms with van der Waals surface area (Å²) in [6, 6.07) is 12.7. The molecular weight excluding hydrogens is 346 g/mol. The molecule has 2 aromatic carbocycles. The highest BCUT2D eigenvalue weighted by molar-refractivity contribution is 6.13. The fraction of sp³-hybridized carbons (Fsp3) is 0.238. The number of ether oxygens (including phenoxy) is 4. The number of rotatable bonds is 7. The Kier molecular flexibility index (Phi) is 5.76. The molecule has 0 saturated carbocycles. The second-order valence-electron chi connectivity index (χ2n) is 5.64. The predicted octanol–water partition coefficient (Wildman–Crippen LogP) is 3.84. The molecule has 0 radical (unpaired) electrons. The van der Waals surface area contributed by atoms with E-state index in [-0.39, 0.29) is 11.6 Å². The van der Waals surface area contributed by atoms with E-state index in [9.17, 15) is 4.79 Å². The molecule has 0 atom stereocenters. The lowest BCUT2D eigenvalue weighted by Gasteiger charge is -2.11. The third kappa shape index (κ3) is 4.28. The average molecular weight is 367 g/mol. The van der Waals surface area contributed by atoms with Crippen LogP contribution in [-0.2, 0) is 9.53 Å². The fourth-order valence-corrected chi connectivity index (χ4v) is 2.61. The van der Waals surface area contributed by atoms with Crippen molar-refractivity contribution in [2.75, 3.05) is 20.3 Å². The van der Waals surface area contributed by atoms with E-state index in [1.54, 1.807) is 31.4 Å². The zero-order chi connectivity index (χ0) is 19.2. The van der Waals surface area contributed by atoms with Crippen molar-refractivity contribution in [2.45, 2.75) is 13.8 Å². The van der Waals surface area contributed by atoms with E-state index in [1.165, 1.54) is 0 Å². The number of hydrogen-bond donors (Lipinski definition) is 0. The fourth-order valence-electron chi connectivity index (χ4n) is 2.61. The number of hydrogen-bond acceptors (Lipinski definition) is 6. The lowest BCUT2D eigenvalue weighted by molar-refractivity contribution is -0.129. The predicted molar refractivity (Wildman–Crippen MR) is 102 cm³/mol. The first-order chi connectivity index (χ1) is 13.1. The van der Waals surface area contributed by atoms with Crippen LogP contribution < -0.4 is 14.2 Å². The van der Waals surface area contributed by atoms with Crippen molar-refractivity contribution < 1.29 is 23.7 Å². The van der Waals surface area contributed by atoms with Crippen LogP contribution in [0.1, 0.15) is 25.0 Å². The molecule has 0 aromatic heterocycles. The first-order valence-electron chi connectivity index (χ1n) is 8.71. The minimum absolute atomic E-state index is 0.227. The lowest BCUT2D eigenvalue weighted by atomic mass is 10.2. The van der Waals surface area contributed by atoms with Crippen molar-refractivity contribution in [3.8, 4) is 17.2 Å². The largest absolute Gasteiger partial charge is 0.497 e. The van der Waals surface area contributed by atoms with Gasteiger partial charge in [-0.3, -0.25) is 0 Å². The number of carbonyl (C=O) groups excluding carboxylic acids is 1. The van der Waals surface area contributed by atoms with Gasteiger partial charge in [0.15, 0.2) is 17.2 Å². The first kappa shape index (κ1) is 18.5. The summed E-state index contributed by atoms with van der Waals surface area (Å²) < 4.78 is 21.7. The maximum atomic E-state index is 12.2. The van der Waals surface area contributed by atoms with Crippen molar-refractivity contribution in [1.82, 2.24) is 0 Å². The van der Waals surface area contributed by atoms with E-state index in [0.717, 1.165) is 5.56 Å². The molecule has 0 fully saturated rings. The molecule has 27 heavy (non-hydrogen) atoms. The van der Waals surface area contributed by atoms with Crippen LogP contribution in [0.15, 0.2) is 53.2 Å². The van der Waals surface area contributed by atoms with E-state index < -0.39 is 5.97 Å². The van der Waals surface area contributed by atoms with Crippen LogP contribution in [0.4, 0.5) is 0 Å². The Labute approximate surface area is 158 Å². The van der Waals surface area contributed by atoms with E-state index in [2.05, 4.69) is 4.99 Å². The maximum Gasteiger partial charge on any atom is 0.363 e. The van der Waals surface area contributed by atoms with Crippen molar-refractivity contribution in [3.63, 3.8) is 0 Å². The standard InChI is InChI=1S/C21H21NO5/c1-4-25-18-10-9-15(13-19(18)26-5-2)20-22-17(21(23)27-20)12-14-7-6-8-16(11-14)24-3/h6-13H,4-5H2,1-3H3/b17-12+. The number of aliphatic imine (C=N–C) groups is 1. The zero-order valence-electron chi connectivity index (χ0n) is 15.5. The smallest absolute Gasteiger partial charge is 0.363 e. The summed E-state index contributed by atoms with van der Waals surface area (Å²) in [6.07, 6.45) is 1.66. The van der Waals surface area contributed by atoms with Gasteiger partial charge in [-0.1, -0.05) is 12.1 Å². The van der Waals surface area contributed by atoms with Crippen molar-refractivity contribution in [2.24, 2.45) is 4.99 Å². The first-order valence-corrected chi connectivity index (χ1v) is 8.71. The molecule has 0 spiro atoms. The molecule has 1 aliphatic heterocycles.